The van der Waals surface area contributed by atoms with E-state index in [0.29, 0.717) is 0 Å². The molecule has 1 heteroatoms. The first kappa shape index (κ1) is 47.7. The van der Waals surface area contributed by atoms with Crippen LogP contribution < -0.4 is 4.90 Å². The molecule has 0 heterocycles. The van der Waals surface area contributed by atoms with E-state index in [1.165, 1.54) is 117 Å². The summed E-state index contributed by atoms with van der Waals surface area (Å²) in [6.07, 6.45) is 0. The number of hydrogen-bond acceptors (Lipinski definition) is 1. The van der Waals surface area contributed by atoms with Crippen molar-refractivity contribution in [1.82, 2.24) is 0 Å². The molecule has 0 N–H and O–H groups in total. The zero-order chi connectivity index (χ0) is 53.1. The second-order valence-corrected chi connectivity index (χ2v) is 24.0. The van der Waals surface area contributed by atoms with Crippen molar-refractivity contribution in [2.75, 3.05) is 4.90 Å². The Morgan fingerprint density at radius 2 is 0.718 bits per heavy atom. The molecule has 0 aliphatic heterocycles. The molecule has 0 radical (unpaired) electrons. The maximum Gasteiger partial charge on any atom is 0.0717 e. The third kappa shape index (κ3) is 7.14. The monoisotopic (exact) mass is 1000 g/mol. The molecular formula is C77H63N. The molecule has 78 heavy (non-hydrogen) atoms. The third-order valence-electron chi connectivity index (χ3n) is 17.9. The lowest BCUT2D eigenvalue weighted by atomic mass is 9.64. The summed E-state index contributed by atoms with van der Waals surface area (Å²) in [5, 5.41) is 0. The van der Waals surface area contributed by atoms with Gasteiger partial charge in [-0.3, -0.25) is 0 Å². The minimum Gasteiger partial charge on any atom is -0.310 e. The van der Waals surface area contributed by atoms with Crippen molar-refractivity contribution in [2.24, 2.45) is 0 Å². The van der Waals surface area contributed by atoms with Gasteiger partial charge in [0.2, 0.25) is 0 Å². The summed E-state index contributed by atoms with van der Waals surface area (Å²) in [4.78, 5) is 2.59. The van der Waals surface area contributed by atoms with Crippen molar-refractivity contribution in [3.05, 3.63) is 305 Å². The molecule has 0 saturated carbocycles. The number of rotatable bonds is 8. The largest absolute Gasteiger partial charge is 0.310 e. The van der Waals surface area contributed by atoms with Gasteiger partial charge in [0.25, 0.3) is 0 Å². The number of nitrogens with zero attached hydrogens (tertiary/aromatic N) is 1. The highest BCUT2D eigenvalue weighted by molar-refractivity contribution is 6.01. The van der Waals surface area contributed by atoms with Gasteiger partial charge in [-0.05, 0) is 165 Å². The highest BCUT2D eigenvalue weighted by Crippen LogP contribution is 2.63. The van der Waals surface area contributed by atoms with Crippen LogP contribution in [0.25, 0.3) is 66.8 Å². The van der Waals surface area contributed by atoms with Gasteiger partial charge in [0.05, 0.1) is 5.41 Å². The lowest BCUT2D eigenvalue weighted by Crippen LogP contribution is -2.32. The molecule has 1 nitrogen and oxygen atoms in total. The fraction of sp³-hybridized carbons (Fsp3) is 0.143. The highest BCUT2D eigenvalue weighted by atomic mass is 15.1. The van der Waals surface area contributed by atoms with Crippen LogP contribution in [0.1, 0.15) is 98.5 Å². The first-order valence-electron chi connectivity index (χ1n) is 27.8. The van der Waals surface area contributed by atoms with Crippen LogP contribution in [0, 0.1) is 0 Å². The smallest absolute Gasteiger partial charge is 0.0717 e. The summed E-state index contributed by atoms with van der Waals surface area (Å²) < 4.78 is 0. The molecule has 14 rings (SSSR count). The number of benzene rings is 11. The van der Waals surface area contributed by atoms with Crippen molar-refractivity contribution >= 4 is 17.1 Å². The Morgan fingerprint density at radius 1 is 0.295 bits per heavy atom. The van der Waals surface area contributed by atoms with Crippen molar-refractivity contribution in [3.63, 3.8) is 0 Å². The molecule has 0 aromatic heterocycles. The first-order chi connectivity index (χ1) is 37.8. The SMILES string of the molecule is CC(C)(C)c1cc(-c2ccccc2)cc2c1C(c1ccccc1)(c1ccc(-c3ccccc3)cc1)c1cc(N(c3ccc4c(c3)C(C)(C)c3ccccc3-4)c3ccc4c(c3)C(C)(C)c3ccccc3-4)cc(-c3ccccc3)c1-2. The van der Waals surface area contributed by atoms with Crippen LogP contribution in [-0.2, 0) is 21.7 Å². The second kappa shape index (κ2) is 17.6. The highest BCUT2D eigenvalue weighted by Gasteiger charge is 2.51. The predicted octanol–water partition coefficient (Wildman–Crippen LogP) is 20.4. The van der Waals surface area contributed by atoms with E-state index in [2.05, 4.69) is 308 Å². The van der Waals surface area contributed by atoms with Gasteiger partial charge in [-0.15, -0.1) is 0 Å². The third-order valence-corrected chi connectivity index (χ3v) is 17.9. The molecule has 3 aliphatic rings. The normalized spacial score (nSPS) is 15.9. The summed E-state index contributed by atoms with van der Waals surface area (Å²) >= 11 is 0. The maximum absolute atomic E-state index is 2.59. The minimum absolute atomic E-state index is 0.196. The van der Waals surface area contributed by atoms with Gasteiger partial charge in [0, 0.05) is 27.9 Å². The number of hydrogen-bond donors (Lipinski definition) is 0. The summed E-state index contributed by atoms with van der Waals surface area (Å²) in [6, 6.07) is 96.7. The van der Waals surface area contributed by atoms with E-state index in [1.807, 2.05) is 0 Å². The molecule has 11 aromatic rings. The molecule has 0 saturated heterocycles. The summed E-state index contributed by atoms with van der Waals surface area (Å²) in [5.41, 5.74) is 28.9. The average molecular weight is 1000 g/mol. The Bertz CT molecular complexity index is 4030. The fourth-order valence-corrected chi connectivity index (χ4v) is 14.1. The van der Waals surface area contributed by atoms with E-state index in [4.69, 9.17) is 0 Å². The van der Waals surface area contributed by atoms with Crippen LogP contribution in [-0.4, -0.2) is 0 Å². The predicted molar refractivity (Wildman–Crippen MR) is 329 cm³/mol. The molecular weight excluding hydrogens is 939 g/mol. The molecule has 1 unspecified atom stereocenters. The Balaban J connectivity index is 1.12. The maximum atomic E-state index is 2.59. The molecule has 0 amide bonds. The van der Waals surface area contributed by atoms with Crippen LogP contribution in [0.3, 0.4) is 0 Å². The summed E-state index contributed by atoms with van der Waals surface area (Å²) in [7, 11) is 0. The first-order valence-corrected chi connectivity index (χ1v) is 27.8. The second-order valence-electron chi connectivity index (χ2n) is 24.0. The standard InChI is InChI=1S/C77H63N/c1-74(2,3)71-45-54(51-26-14-9-15-27-51)44-65-72-64(53-28-16-10-17-29-53)46-59(49-70(72)77(73(65)71,55-30-18-11-19-31-55)56-38-36-52(37-39-56)50-24-12-8-13-25-50)78(57-40-42-62-60-32-20-22-34-66(60)75(4,5)68(62)47-57)58-41-43-63-61-33-21-23-35-67(61)76(6,7)69(63)48-58/h8-49H,1-7H3. The van der Waals surface area contributed by atoms with Gasteiger partial charge >= 0.3 is 0 Å². The Labute approximate surface area is 461 Å². The van der Waals surface area contributed by atoms with E-state index in [-0.39, 0.29) is 16.2 Å². The van der Waals surface area contributed by atoms with Crippen LogP contribution >= 0.6 is 0 Å². The molecule has 0 bridgehead atoms. The Kier molecular flexibility index (Phi) is 10.8. The van der Waals surface area contributed by atoms with Crippen LogP contribution in [0.15, 0.2) is 255 Å². The lowest BCUT2D eigenvalue weighted by molar-refractivity contribution is 0.573. The van der Waals surface area contributed by atoms with Crippen molar-refractivity contribution in [2.45, 2.75) is 70.1 Å². The number of anilines is 3. The quantitative estimate of drug-likeness (QED) is 0.147. The Morgan fingerprint density at radius 3 is 1.24 bits per heavy atom. The molecule has 1 atom stereocenters. The van der Waals surface area contributed by atoms with Crippen LogP contribution in [0.2, 0.25) is 0 Å². The fourth-order valence-electron chi connectivity index (χ4n) is 14.1. The molecule has 3 aliphatic carbocycles. The Hall–Kier alpha value is -8.78. The van der Waals surface area contributed by atoms with Gasteiger partial charge in [-0.2, -0.15) is 0 Å². The zero-order valence-electron chi connectivity index (χ0n) is 45.7. The zero-order valence-corrected chi connectivity index (χ0v) is 45.7. The van der Waals surface area contributed by atoms with Gasteiger partial charge in [0.1, 0.15) is 0 Å². The molecule has 11 aromatic carbocycles. The number of fused-ring (bicyclic) bond motifs is 9. The lowest BCUT2D eigenvalue weighted by Gasteiger charge is -2.38. The topological polar surface area (TPSA) is 3.24 Å². The van der Waals surface area contributed by atoms with Crippen LogP contribution in [0.5, 0.6) is 0 Å². The molecule has 0 spiro atoms. The van der Waals surface area contributed by atoms with Gasteiger partial charge < -0.3 is 4.90 Å². The van der Waals surface area contributed by atoms with Gasteiger partial charge in [-0.1, -0.05) is 261 Å². The van der Waals surface area contributed by atoms with Gasteiger partial charge in [-0.25, -0.2) is 0 Å². The van der Waals surface area contributed by atoms with Crippen molar-refractivity contribution < 1.29 is 0 Å². The van der Waals surface area contributed by atoms with E-state index in [9.17, 15) is 0 Å². The van der Waals surface area contributed by atoms with E-state index >= 15 is 0 Å². The summed E-state index contributed by atoms with van der Waals surface area (Å²) in [5.74, 6) is 0. The van der Waals surface area contributed by atoms with E-state index in [0.717, 1.165) is 17.1 Å². The van der Waals surface area contributed by atoms with Crippen LogP contribution in [0.4, 0.5) is 17.1 Å². The van der Waals surface area contributed by atoms with Gasteiger partial charge in [0.15, 0.2) is 0 Å². The minimum atomic E-state index is -0.743. The summed E-state index contributed by atoms with van der Waals surface area (Å²) in [6.45, 7) is 16.8. The average Bonchev–Trinajstić information content (AvgIpc) is 4.07. The molecule has 0 fully saturated rings. The van der Waals surface area contributed by atoms with E-state index < -0.39 is 5.41 Å². The molecule has 376 valence electrons. The van der Waals surface area contributed by atoms with Crippen molar-refractivity contribution in [1.29, 1.82) is 0 Å². The van der Waals surface area contributed by atoms with Crippen molar-refractivity contribution in [3.8, 4) is 66.8 Å². The van der Waals surface area contributed by atoms with E-state index in [1.54, 1.807) is 0 Å².